The van der Waals surface area contributed by atoms with E-state index in [2.05, 4.69) is 27.4 Å². The first-order valence-corrected chi connectivity index (χ1v) is 5.47. The second kappa shape index (κ2) is 4.90. The molecule has 0 aromatic carbocycles. The van der Waals surface area contributed by atoms with E-state index in [4.69, 9.17) is 9.26 Å². The highest BCUT2D eigenvalue weighted by Gasteiger charge is 2.23. The van der Waals surface area contributed by atoms with Gasteiger partial charge < -0.3 is 14.6 Å². The normalized spacial score (nSPS) is 18.8. The Morgan fingerprint density at radius 1 is 1.62 bits per heavy atom. The zero-order chi connectivity index (χ0) is 11.5. The van der Waals surface area contributed by atoms with Crippen molar-refractivity contribution in [1.82, 2.24) is 20.4 Å². The molecule has 1 fully saturated rings. The third-order valence-corrected chi connectivity index (χ3v) is 2.97. The quantitative estimate of drug-likeness (QED) is 0.772. The average molecular weight is 226 g/mol. The monoisotopic (exact) mass is 226 g/mol. The fourth-order valence-corrected chi connectivity index (χ4v) is 1.53. The largest absolute Gasteiger partial charge is 0.374 e. The molecule has 0 radical (unpaired) electrons. The number of likely N-dealkylation sites (N-methyl/N-ethyl adjacent to an activating group) is 1. The number of hydrogen-bond acceptors (Lipinski definition) is 6. The molecule has 16 heavy (non-hydrogen) atoms. The van der Waals surface area contributed by atoms with Crippen molar-refractivity contribution >= 4 is 0 Å². The van der Waals surface area contributed by atoms with E-state index in [9.17, 15) is 0 Å². The van der Waals surface area contributed by atoms with Crippen LogP contribution >= 0.6 is 0 Å². The summed E-state index contributed by atoms with van der Waals surface area (Å²) in [7, 11) is 3.70. The summed E-state index contributed by atoms with van der Waals surface area (Å²) in [4.78, 5) is 6.51. The number of nitrogens with one attached hydrogen (secondary N) is 1. The Hall–Kier alpha value is -0.980. The molecule has 0 bridgehead atoms. The number of nitrogens with zero attached hydrogens (tertiary/aromatic N) is 3. The first-order valence-electron chi connectivity index (χ1n) is 5.47. The maximum absolute atomic E-state index is 5.17. The van der Waals surface area contributed by atoms with Crippen LogP contribution in [0.15, 0.2) is 4.52 Å². The topological polar surface area (TPSA) is 63.4 Å². The summed E-state index contributed by atoms with van der Waals surface area (Å²) in [6, 6.07) is 0.579. The summed E-state index contributed by atoms with van der Waals surface area (Å²) >= 11 is 0. The molecule has 1 aromatic rings. The second-order valence-electron chi connectivity index (χ2n) is 4.15. The van der Waals surface area contributed by atoms with E-state index in [0.717, 1.165) is 13.1 Å². The Labute approximate surface area is 95.0 Å². The van der Waals surface area contributed by atoms with Crippen molar-refractivity contribution in [3.8, 4) is 0 Å². The van der Waals surface area contributed by atoms with Gasteiger partial charge in [-0.25, -0.2) is 0 Å². The third-order valence-electron chi connectivity index (χ3n) is 2.97. The van der Waals surface area contributed by atoms with Crippen LogP contribution in [0.3, 0.4) is 0 Å². The molecule has 90 valence electrons. The van der Waals surface area contributed by atoms with Gasteiger partial charge in [0.15, 0.2) is 5.82 Å². The van der Waals surface area contributed by atoms with Crippen LogP contribution < -0.4 is 5.32 Å². The van der Waals surface area contributed by atoms with Gasteiger partial charge in [0.25, 0.3) is 0 Å². The van der Waals surface area contributed by atoms with Crippen molar-refractivity contribution in [2.75, 3.05) is 27.2 Å². The predicted octanol–water partition coefficient (Wildman–Crippen LogP) is 0.181. The maximum Gasteiger partial charge on any atom is 0.240 e. The Kier molecular flexibility index (Phi) is 3.52. The van der Waals surface area contributed by atoms with Gasteiger partial charge >= 0.3 is 0 Å². The van der Waals surface area contributed by atoms with Gasteiger partial charge in [0, 0.05) is 26.2 Å². The van der Waals surface area contributed by atoms with Gasteiger partial charge in [-0.2, -0.15) is 4.98 Å². The molecule has 6 heteroatoms. The van der Waals surface area contributed by atoms with Gasteiger partial charge in [0.05, 0.1) is 6.54 Å². The summed E-state index contributed by atoms with van der Waals surface area (Å²) in [5, 5.41) is 7.12. The van der Waals surface area contributed by atoms with Crippen LogP contribution in [0.5, 0.6) is 0 Å². The van der Waals surface area contributed by atoms with Gasteiger partial charge in [-0.05, 0) is 14.0 Å². The van der Waals surface area contributed by atoms with Crippen molar-refractivity contribution in [3.05, 3.63) is 11.7 Å². The second-order valence-corrected chi connectivity index (χ2v) is 4.15. The highest BCUT2D eigenvalue weighted by Crippen LogP contribution is 2.13. The van der Waals surface area contributed by atoms with Gasteiger partial charge in [0.1, 0.15) is 6.10 Å². The summed E-state index contributed by atoms with van der Waals surface area (Å²) in [5.41, 5.74) is 0. The number of ether oxygens (including phenoxy) is 1. The van der Waals surface area contributed by atoms with Crippen molar-refractivity contribution in [2.24, 2.45) is 0 Å². The fraction of sp³-hybridized carbons (Fsp3) is 0.800. The minimum absolute atomic E-state index is 0.117. The fourth-order valence-electron chi connectivity index (χ4n) is 1.53. The number of methoxy groups -OCH3 is 1. The van der Waals surface area contributed by atoms with E-state index < -0.39 is 0 Å². The molecule has 1 unspecified atom stereocenters. The molecule has 1 atom stereocenters. The first kappa shape index (κ1) is 11.5. The standard InChI is InChI=1S/C10H18N4O2/c1-7(15-3)10-12-9(16-13-10)6-14(2)8-4-11-5-8/h7-8,11H,4-6H2,1-3H3. The lowest BCUT2D eigenvalue weighted by Crippen LogP contribution is -2.55. The average Bonchev–Trinajstić information content (AvgIpc) is 2.62. The molecule has 1 N–H and O–H groups in total. The number of aromatic nitrogens is 2. The summed E-state index contributed by atoms with van der Waals surface area (Å²) in [5.74, 6) is 1.26. The zero-order valence-corrected chi connectivity index (χ0v) is 9.93. The maximum atomic E-state index is 5.17. The smallest absolute Gasteiger partial charge is 0.240 e. The van der Waals surface area contributed by atoms with Crippen LogP contribution in [0.1, 0.15) is 24.7 Å². The predicted molar refractivity (Wildman–Crippen MR) is 57.8 cm³/mol. The molecule has 1 aliphatic heterocycles. The van der Waals surface area contributed by atoms with Gasteiger partial charge in [0.2, 0.25) is 5.89 Å². The van der Waals surface area contributed by atoms with Crippen LogP contribution in [0, 0.1) is 0 Å². The van der Waals surface area contributed by atoms with Crippen LogP contribution in [0.25, 0.3) is 0 Å². The highest BCUT2D eigenvalue weighted by atomic mass is 16.5. The molecular formula is C10H18N4O2. The van der Waals surface area contributed by atoms with E-state index >= 15 is 0 Å². The molecule has 0 aliphatic carbocycles. The molecule has 2 heterocycles. The van der Waals surface area contributed by atoms with Crippen LogP contribution in [-0.2, 0) is 11.3 Å². The van der Waals surface area contributed by atoms with E-state index in [1.165, 1.54) is 0 Å². The molecule has 1 aromatic heterocycles. The lowest BCUT2D eigenvalue weighted by Gasteiger charge is -2.34. The Bertz CT molecular complexity index is 337. The van der Waals surface area contributed by atoms with Gasteiger partial charge in [-0.15, -0.1) is 0 Å². The third kappa shape index (κ3) is 2.40. The van der Waals surface area contributed by atoms with Crippen LogP contribution in [-0.4, -0.2) is 48.3 Å². The molecule has 0 spiro atoms. The van der Waals surface area contributed by atoms with Crippen molar-refractivity contribution in [3.63, 3.8) is 0 Å². The molecule has 0 amide bonds. The minimum Gasteiger partial charge on any atom is -0.374 e. The summed E-state index contributed by atoms with van der Waals surface area (Å²) in [6.45, 7) is 4.65. The zero-order valence-electron chi connectivity index (χ0n) is 9.93. The van der Waals surface area contributed by atoms with Gasteiger partial charge in [-0.3, -0.25) is 4.90 Å². The highest BCUT2D eigenvalue weighted by molar-refractivity contribution is 4.91. The number of rotatable bonds is 5. The van der Waals surface area contributed by atoms with Crippen LogP contribution in [0.2, 0.25) is 0 Å². The SMILES string of the molecule is COC(C)c1noc(CN(C)C2CNC2)n1. The van der Waals surface area contributed by atoms with Gasteiger partial charge in [-0.1, -0.05) is 5.16 Å². The molecule has 1 aliphatic rings. The molecular weight excluding hydrogens is 208 g/mol. The lowest BCUT2D eigenvalue weighted by atomic mass is 10.1. The summed E-state index contributed by atoms with van der Waals surface area (Å²) in [6.07, 6.45) is -0.117. The Morgan fingerprint density at radius 2 is 2.38 bits per heavy atom. The van der Waals surface area contributed by atoms with Crippen molar-refractivity contribution < 1.29 is 9.26 Å². The minimum atomic E-state index is -0.117. The molecule has 6 nitrogen and oxygen atoms in total. The van der Waals surface area contributed by atoms with E-state index in [1.54, 1.807) is 7.11 Å². The molecule has 2 rings (SSSR count). The van der Waals surface area contributed by atoms with Crippen LogP contribution in [0.4, 0.5) is 0 Å². The van der Waals surface area contributed by atoms with E-state index in [-0.39, 0.29) is 6.10 Å². The number of hydrogen-bond donors (Lipinski definition) is 1. The lowest BCUT2D eigenvalue weighted by molar-refractivity contribution is 0.109. The van der Waals surface area contributed by atoms with E-state index in [0.29, 0.717) is 24.3 Å². The first-order chi connectivity index (χ1) is 7.70. The van der Waals surface area contributed by atoms with E-state index in [1.807, 2.05) is 6.92 Å². The summed E-state index contributed by atoms with van der Waals surface area (Å²) < 4.78 is 10.3. The Morgan fingerprint density at radius 3 is 2.94 bits per heavy atom. The molecule has 0 saturated carbocycles. The van der Waals surface area contributed by atoms with Crippen molar-refractivity contribution in [1.29, 1.82) is 0 Å². The Balaban J connectivity index is 1.91. The molecule has 1 saturated heterocycles. The van der Waals surface area contributed by atoms with Crippen molar-refractivity contribution in [2.45, 2.75) is 25.6 Å².